The zero-order valence-electron chi connectivity index (χ0n) is 12.3. The Morgan fingerprint density at radius 3 is 2.86 bits per heavy atom. The fraction of sp³-hybridized carbons (Fsp3) is 0.533. The molecule has 1 aliphatic heterocycles. The number of carboxylic acid groups (broad SMARTS) is 1. The van der Waals surface area contributed by atoms with Gasteiger partial charge in [-0.3, -0.25) is 4.98 Å². The van der Waals surface area contributed by atoms with Crippen molar-refractivity contribution in [3.63, 3.8) is 0 Å². The molecule has 6 heteroatoms. The van der Waals surface area contributed by atoms with Crippen LogP contribution < -0.4 is 5.32 Å². The van der Waals surface area contributed by atoms with Gasteiger partial charge in [-0.2, -0.15) is 0 Å². The minimum Gasteiger partial charge on any atom is -0.480 e. The maximum absolute atomic E-state index is 12.3. The van der Waals surface area contributed by atoms with Crippen molar-refractivity contribution in [2.75, 3.05) is 6.54 Å². The van der Waals surface area contributed by atoms with Crippen LogP contribution in [0.25, 0.3) is 0 Å². The van der Waals surface area contributed by atoms with E-state index in [1.54, 1.807) is 6.20 Å². The van der Waals surface area contributed by atoms with Gasteiger partial charge in [0, 0.05) is 12.7 Å². The van der Waals surface area contributed by atoms with Crippen LogP contribution in [0.3, 0.4) is 0 Å². The Morgan fingerprint density at radius 1 is 1.48 bits per heavy atom. The predicted octanol–water partition coefficient (Wildman–Crippen LogP) is 2.04. The summed E-state index contributed by atoms with van der Waals surface area (Å²) in [4.78, 5) is 29.3. The molecule has 2 amide bonds. The molecule has 114 valence electrons. The van der Waals surface area contributed by atoms with Gasteiger partial charge in [0.25, 0.3) is 0 Å². The Morgan fingerprint density at radius 2 is 2.24 bits per heavy atom. The van der Waals surface area contributed by atoms with E-state index < -0.39 is 12.0 Å². The van der Waals surface area contributed by atoms with E-state index in [4.69, 9.17) is 0 Å². The van der Waals surface area contributed by atoms with Gasteiger partial charge >= 0.3 is 12.0 Å². The summed E-state index contributed by atoms with van der Waals surface area (Å²) in [6.45, 7) is 4.32. The second-order valence-electron chi connectivity index (χ2n) is 5.60. The van der Waals surface area contributed by atoms with E-state index in [1.807, 2.05) is 32.0 Å². The van der Waals surface area contributed by atoms with E-state index in [2.05, 4.69) is 10.3 Å². The Labute approximate surface area is 124 Å². The number of likely N-dealkylation sites (tertiary alicyclic amines) is 1. The standard InChI is InChI=1S/C15H21N3O3/c1-10-6-8-18(13(9-10)14(19)20)15(21)17-11(2)12-5-3-4-7-16-12/h3-5,7,10-11,13H,6,8-9H2,1-2H3,(H,17,21)(H,19,20). The van der Waals surface area contributed by atoms with Gasteiger partial charge in [0.1, 0.15) is 6.04 Å². The van der Waals surface area contributed by atoms with Crippen molar-refractivity contribution in [1.29, 1.82) is 0 Å². The quantitative estimate of drug-likeness (QED) is 0.892. The molecular weight excluding hydrogens is 270 g/mol. The van der Waals surface area contributed by atoms with Crippen molar-refractivity contribution < 1.29 is 14.7 Å². The highest BCUT2D eigenvalue weighted by molar-refractivity contribution is 5.83. The normalized spacial score (nSPS) is 23.4. The van der Waals surface area contributed by atoms with Gasteiger partial charge in [-0.05, 0) is 37.8 Å². The SMILES string of the molecule is CC1CCN(C(=O)NC(C)c2ccccn2)C(C(=O)O)C1. The number of carboxylic acids is 1. The van der Waals surface area contributed by atoms with Crippen molar-refractivity contribution in [1.82, 2.24) is 15.2 Å². The van der Waals surface area contributed by atoms with E-state index in [9.17, 15) is 14.7 Å². The summed E-state index contributed by atoms with van der Waals surface area (Å²) in [5.41, 5.74) is 0.753. The van der Waals surface area contributed by atoms with Crippen LogP contribution in [0.4, 0.5) is 4.79 Å². The van der Waals surface area contributed by atoms with Gasteiger partial charge in [0.15, 0.2) is 0 Å². The van der Waals surface area contributed by atoms with Crippen LogP contribution >= 0.6 is 0 Å². The molecule has 1 saturated heterocycles. The van der Waals surface area contributed by atoms with E-state index in [-0.39, 0.29) is 12.1 Å². The van der Waals surface area contributed by atoms with Crippen LogP contribution in [0.5, 0.6) is 0 Å². The van der Waals surface area contributed by atoms with Gasteiger partial charge < -0.3 is 15.3 Å². The summed E-state index contributed by atoms with van der Waals surface area (Å²) < 4.78 is 0. The predicted molar refractivity (Wildman–Crippen MR) is 77.7 cm³/mol. The minimum absolute atomic E-state index is 0.257. The van der Waals surface area contributed by atoms with E-state index in [0.29, 0.717) is 18.9 Å². The van der Waals surface area contributed by atoms with E-state index in [1.165, 1.54) is 4.90 Å². The summed E-state index contributed by atoms with van der Waals surface area (Å²) in [5.74, 6) is -0.620. The zero-order valence-corrected chi connectivity index (χ0v) is 12.3. The third-order valence-corrected chi connectivity index (χ3v) is 3.88. The number of hydrogen-bond donors (Lipinski definition) is 2. The van der Waals surface area contributed by atoms with Crippen LogP contribution in [0.1, 0.15) is 38.4 Å². The molecule has 0 bridgehead atoms. The molecule has 0 saturated carbocycles. The molecule has 1 aromatic heterocycles. The van der Waals surface area contributed by atoms with Gasteiger partial charge in [-0.25, -0.2) is 9.59 Å². The smallest absolute Gasteiger partial charge is 0.326 e. The fourth-order valence-electron chi connectivity index (χ4n) is 2.59. The highest BCUT2D eigenvalue weighted by Crippen LogP contribution is 2.23. The maximum Gasteiger partial charge on any atom is 0.326 e. The number of hydrogen-bond acceptors (Lipinski definition) is 3. The molecule has 6 nitrogen and oxygen atoms in total. The summed E-state index contributed by atoms with van der Waals surface area (Å²) in [7, 11) is 0. The molecule has 1 fully saturated rings. The number of pyridine rings is 1. The lowest BCUT2D eigenvalue weighted by molar-refractivity contribution is -0.143. The topological polar surface area (TPSA) is 82.5 Å². The first-order valence-corrected chi connectivity index (χ1v) is 7.20. The largest absolute Gasteiger partial charge is 0.480 e. The van der Waals surface area contributed by atoms with Crippen LogP contribution in [-0.4, -0.2) is 39.6 Å². The van der Waals surface area contributed by atoms with Crippen LogP contribution in [0.2, 0.25) is 0 Å². The molecule has 0 radical (unpaired) electrons. The molecule has 2 heterocycles. The van der Waals surface area contributed by atoms with E-state index in [0.717, 1.165) is 12.1 Å². The Hall–Kier alpha value is -2.11. The highest BCUT2D eigenvalue weighted by Gasteiger charge is 2.35. The first kappa shape index (κ1) is 15.3. The summed E-state index contributed by atoms with van der Waals surface area (Å²) in [6.07, 6.45) is 3.00. The second-order valence-corrected chi connectivity index (χ2v) is 5.60. The molecule has 2 rings (SSSR count). The number of carbonyl (C=O) groups is 2. The second kappa shape index (κ2) is 6.56. The monoisotopic (exact) mass is 291 g/mol. The number of amides is 2. The lowest BCUT2D eigenvalue weighted by Gasteiger charge is -2.36. The van der Waals surface area contributed by atoms with Crippen molar-refractivity contribution in [2.45, 2.75) is 38.8 Å². The lowest BCUT2D eigenvalue weighted by atomic mass is 9.93. The molecule has 2 N–H and O–H groups in total. The van der Waals surface area contributed by atoms with Crippen LogP contribution in [-0.2, 0) is 4.79 Å². The average Bonchev–Trinajstić information content (AvgIpc) is 2.47. The van der Waals surface area contributed by atoms with Gasteiger partial charge in [-0.1, -0.05) is 13.0 Å². The van der Waals surface area contributed by atoms with E-state index >= 15 is 0 Å². The Bertz CT molecular complexity index is 506. The maximum atomic E-state index is 12.3. The number of rotatable bonds is 3. The average molecular weight is 291 g/mol. The third-order valence-electron chi connectivity index (χ3n) is 3.88. The van der Waals surface area contributed by atoms with Crippen LogP contribution in [0.15, 0.2) is 24.4 Å². The number of nitrogens with zero attached hydrogens (tertiary/aromatic N) is 2. The Balaban J connectivity index is 2.03. The molecule has 0 aromatic carbocycles. The fourth-order valence-corrected chi connectivity index (χ4v) is 2.59. The first-order chi connectivity index (χ1) is 9.99. The first-order valence-electron chi connectivity index (χ1n) is 7.20. The molecule has 0 aliphatic carbocycles. The molecule has 1 aromatic rings. The Kier molecular flexibility index (Phi) is 4.77. The number of carbonyl (C=O) groups excluding carboxylic acids is 1. The lowest BCUT2D eigenvalue weighted by Crippen LogP contribution is -2.53. The molecule has 21 heavy (non-hydrogen) atoms. The van der Waals surface area contributed by atoms with Gasteiger partial charge in [0.2, 0.25) is 0 Å². The number of aliphatic carboxylic acids is 1. The zero-order chi connectivity index (χ0) is 15.4. The van der Waals surface area contributed by atoms with Crippen molar-refractivity contribution in [3.8, 4) is 0 Å². The third kappa shape index (κ3) is 3.71. The molecule has 0 spiro atoms. The van der Waals surface area contributed by atoms with Gasteiger partial charge in [0.05, 0.1) is 11.7 Å². The molecule has 1 aliphatic rings. The number of urea groups is 1. The minimum atomic E-state index is -0.942. The van der Waals surface area contributed by atoms with Gasteiger partial charge in [-0.15, -0.1) is 0 Å². The molecule has 3 unspecified atom stereocenters. The van der Waals surface area contributed by atoms with Crippen molar-refractivity contribution in [2.24, 2.45) is 5.92 Å². The molecular formula is C15H21N3O3. The van der Waals surface area contributed by atoms with Crippen molar-refractivity contribution in [3.05, 3.63) is 30.1 Å². The summed E-state index contributed by atoms with van der Waals surface area (Å²) >= 11 is 0. The van der Waals surface area contributed by atoms with Crippen LogP contribution in [0, 0.1) is 5.92 Å². The molecule has 3 atom stereocenters. The highest BCUT2D eigenvalue weighted by atomic mass is 16.4. The number of piperidine rings is 1. The summed E-state index contributed by atoms with van der Waals surface area (Å²) in [6, 6.07) is 4.15. The van der Waals surface area contributed by atoms with Crippen molar-refractivity contribution >= 4 is 12.0 Å². The summed E-state index contributed by atoms with van der Waals surface area (Å²) in [5, 5.41) is 12.1. The number of nitrogens with one attached hydrogen (secondary N) is 1. The number of aromatic nitrogens is 1.